The molecule has 0 aliphatic carbocycles. The fourth-order valence-electron chi connectivity index (χ4n) is 2.02. The van der Waals surface area contributed by atoms with Crippen molar-refractivity contribution in [2.24, 2.45) is 0 Å². The van der Waals surface area contributed by atoms with E-state index in [2.05, 4.69) is 10.6 Å². The molecule has 1 amide bonds. The number of anilines is 1. The van der Waals surface area contributed by atoms with Gasteiger partial charge in [0.25, 0.3) is 5.91 Å². The van der Waals surface area contributed by atoms with Crippen molar-refractivity contribution in [3.8, 4) is 5.75 Å². The maximum atomic E-state index is 12.2. The lowest BCUT2D eigenvalue weighted by molar-refractivity contribution is -0.385. The van der Waals surface area contributed by atoms with E-state index >= 15 is 0 Å². The Bertz CT molecular complexity index is 808. The molecule has 0 unspecified atom stereocenters. The first-order valence-electron chi connectivity index (χ1n) is 6.92. The second-order valence-corrected chi connectivity index (χ2v) is 5.28. The van der Waals surface area contributed by atoms with Crippen molar-refractivity contribution in [2.75, 3.05) is 12.4 Å². The SMILES string of the molecule is COc1ccc(C(=O)NC(=S)Nc2ccccc2C)cc1[N+](=O)[O-]. The monoisotopic (exact) mass is 345 g/mol. The molecular weight excluding hydrogens is 330 g/mol. The fraction of sp³-hybridized carbons (Fsp3) is 0.125. The molecule has 0 saturated carbocycles. The highest BCUT2D eigenvalue weighted by atomic mass is 32.1. The number of aryl methyl sites for hydroxylation is 1. The van der Waals surface area contributed by atoms with Crippen LogP contribution < -0.4 is 15.4 Å². The molecule has 0 radical (unpaired) electrons. The van der Waals surface area contributed by atoms with E-state index in [-0.39, 0.29) is 22.1 Å². The largest absolute Gasteiger partial charge is 0.490 e. The van der Waals surface area contributed by atoms with Crippen molar-refractivity contribution in [1.82, 2.24) is 5.32 Å². The van der Waals surface area contributed by atoms with E-state index in [1.165, 1.54) is 19.2 Å². The number of amides is 1. The minimum atomic E-state index is -0.612. The molecule has 0 spiro atoms. The first kappa shape index (κ1) is 17.4. The van der Waals surface area contributed by atoms with Crippen LogP contribution in [0.15, 0.2) is 42.5 Å². The average molecular weight is 345 g/mol. The van der Waals surface area contributed by atoms with E-state index in [4.69, 9.17) is 17.0 Å². The van der Waals surface area contributed by atoms with Crippen molar-refractivity contribution in [2.45, 2.75) is 6.92 Å². The Balaban J connectivity index is 2.12. The maximum Gasteiger partial charge on any atom is 0.311 e. The van der Waals surface area contributed by atoms with E-state index in [1.807, 2.05) is 31.2 Å². The number of ether oxygens (including phenoxy) is 1. The normalized spacial score (nSPS) is 9.92. The first-order valence-corrected chi connectivity index (χ1v) is 7.33. The van der Waals surface area contributed by atoms with Gasteiger partial charge in [0.05, 0.1) is 12.0 Å². The lowest BCUT2D eigenvalue weighted by Gasteiger charge is -2.11. The van der Waals surface area contributed by atoms with E-state index < -0.39 is 10.8 Å². The van der Waals surface area contributed by atoms with Gasteiger partial charge < -0.3 is 10.1 Å². The number of nitrogens with zero attached hydrogens (tertiary/aromatic N) is 1. The Morgan fingerprint density at radius 1 is 1.25 bits per heavy atom. The van der Waals surface area contributed by atoms with Gasteiger partial charge in [-0.1, -0.05) is 18.2 Å². The van der Waals surface area contributed by atoms with Crippen LogP contribution in [0.3, 0.4) is 0 Å². The maximum absolute atomic E-state index is 12.2. The zero-order valence-electron chi connectivity index (χ0n) is 13.0. The van der Waals surface area contributed by atoms with Crippen LogP contribution >= 0.6 is 12.2 Å². The molecule has 0 saturated heterocycles. The van der Waals surface area contributed by atoms with Crippen molar-refractivity contribution >= 4 is 34.6 Å². The number of carbonyl (C=O) groups excluding carboxylic acids is 1. The van der Waals surface area contributed by atoms with E-state index in [1.54, 1.807) is 0 Å². The molecule has 0 aliphatic rings. The third kappa shape index (κ3) is 4.05. The highest BCUT2D eigenvalue weighted by molar-refractivity contribution is 7.80. The number of rotatable bonds is 4. The van der Waals surface area contributed by atoms with Crippen LogP contribution in [0.5, 0.6) is 5.75 Å². The molecular formula is C16H15N3O4S. The van der Waals surface area contributed by atoms with E-state index in [9.17, 15) is 14.9 Å². The predicted octanol–water partition coefficient (Wildman–Crippen LogP) is 3.04. The predicted molar refractivity (Wildman–Crippen MR) is 94.5 cm³/mol. The molecule has 0 fully saturated rings. The quantitative estimate of drug-likeness (QED) is 0.502. The van der Waals surface area contributed by atoms with Gasteiger partial charge in [0, 0.05) is 17.3 Å². The van der Waals surface area contributed by atoms with Gasteiger partial charge in [-0.2, -0.15) is 0 Å². The Labute approximate surface area is 143 Å². The number of benzene rings is 2. The Kier molecular flexibility index (Phi) is 5.43. The smallest absolute Gasteiger partial charge is 0.311 e. The zero-order valence-corrected chi connectivity index (χ0v) is 13.8. The molecule has 24 heavy (non-hydrogen) atoms. The van der Waals surface area contributed by atoms with Gasteiger partial charge in [-0.25, -0.2) is 0 Å². The third-order valence-electron chi connectivity index (χ3n) is 3.26. The number of methoxy groups -OCH3 is 1. The van der Waals surface area contributed by atoms with E-state index in [0.717, 1.165) is 17.3 Å². The van der Waals surface area contributed by atoms with Crippen LogP contribution in [-0.2, 0) is 0 Å². The van der Waals surface area contributed by atoms with Gasteiger partial charge in [-0.3, -0.25) is 20.2 Å². The van der Waals surface area contributed by atoms with Crippen LogP contribution in [0, 0.1) is 17.0 Å². The van der Waals surface area contributed by atoms with Gasteiger partial charge in [0.15, 0.2) is 10.9 Å². The van der Waals surface area contributed by atoms with Gasteiger partial charge in [0.1, 0.15) is 0 Å². The number of nitrogens with one attached hydrogen (secondary N) is 2. The van der Waals surface area contributed by atoms with Crippen LogP contribution in [0.2, 0.25) is 0 Å². The van der Waals surface area contributed by atoms with Crippen molar-refractivity contribution in [1.29, 1.82) is 0 Å². The minimum absolute atomic E-state index is 0.0807. The zero-order chi connectivity index (χ0) is 17.7. The van der Waals surface area contributed by atoms with Crippen molar-refractivity contribution in [3.05, 3.63) is 63.7 Å². The standard InChI is InChI=1S/C16H15N3O4S/c1-10-5-3-4-6-12(10)17-16(24)18-15(20)11-7-8-14(23-2)13(9-11)19(21)22/h3-9H,1-2H3,(H2,17,18,20,24). The molecule has 0 aromatic heterocycles. The highest BCUT2D eigenvalue weighted by Gasteiger charge is 2.18. The van der Waals surface area contributed by atoms with Crippen molar-refractivity contribution in [3.63, 3.8) is 0 Å². The average Bonchev–Trinajstić information content (AvgIpc) is 2.56. The molecule has 0 bridgehead atoms. The first-order chi connectivity index (χ1) is 11.4. The van der Waals surface area contributed by atoms with Crippen LogP contribution in [0.4, 0.5) is 11.4 Å². The molecule has 0 aliphatic heterocycles. The summed E-state index contributed by atoms with van der Waals surface area (Å²) in [4.78, 5) is 22.6. The third-order valence-corrected chi connectivity index (χ3v) is 3.46. The lowest BCUT2D eigenvalue weighted by Crippen LogP contribution is -2.34. The van der Waals surface area contributed by atoms with Gasteiger partial charge in [-0.15, -0.1) is 0 Å². The topological polar surface area (TPSA) is 93.5 Å². The molecule has 2 rings (SSSR count). The molecule has 0 atom stereocenters. The summed E-state index contributed by atoms with van der Waals surface area (Å²) in [6, 6.07) is 11.4. The number of hydrogen-bond donors (Lipinski definition) is 2. The molecule has 8 heteroatoms. The summed E-state index contributed by atoms with van der Waals surface area (Å²) in [5, 5.41) is 16.5. The summed E-state index contributed by atoms with van der Waals surface area (Å²) in [6.45, 7) is 1.90. The number of carbonyl (C=O) groups is 1. The number of nitro benzene ring substituents is 1. The summed E-state index contributed by atoms with van der Waals surface area (Å²) < 4.78 is 4.90. The molecule has 2 N–H and O–H groups in total. The summed E-state index contributed by atoms with van der Waals surface area (Å²) in [5.41, 5.74) is 1.55. The number of nitro groups is 1. The highest BCUT2D eigenvalue weighted by Crippen LogP contribution is 2.27. The van der Waals surface area contributed by atoms with E-state index in [0.29, 0.717) is 0 Å². The number of hydrogen-bond acceptors (Lipinski definition) is 5. The number of thiocarbonyl (C=S) groups is 1. The fourth-order valence-corrected chi connectivity index (χ4v) is 2.22. The summed E-state index contributed by atoms with van der Waals surface area (Å²) >= 11 is 5.10. The summed E-state index contributed by atoms with van der Waals surface area (Å²) in [6.07, 6.45) is 0. The minimum Gasteiger partial charge on any atom is -0.490 e. The van der Waals surface area contributed by atoms with Crippen LogP contribution in [-0.4, -0.2) is 23.1 Å². The summed E-state index contributed by atoms with van der Waals surface area (Å²) in [7, 11) is 1.32. The van der Waals surface area contributed by atoms with Crippen LogP contribution in [0.1, 0.15) is 15.9 Å². The molecule has 0 heterocycles. The van der Waals surface area contributed by atoms with Crippen LogP contribution in [0.25, 0.3) is 0 Å². The van der Waals surface area contributed by atoms with Gasteiger partial charge in [0.2, 0.25) is 0 Å². The van der Waals surface area contributed by atoms with Gasteiger partial charge in [-0.05, 0) is 42.9 Å². The second-order valence-electron chi connectivity index (χ2n) is 4.87. The molecule has 124 valence electrons. The number of para-hydroxylation sites is 1. The molecule has 7 nitrogen and oxygen atoms in total. The second kappa shape index (κ2) is 7.51. The molecule has 2 aromatic carbocycles. The lowest BCUT2D eigenvalue weighted by atomic mass is 10.1. The van der Waals surface area contributed by atoms with Gasteiger partial charge >= 0.3 is 5.69 Å². The summed E-state index contributed by atoms with van der Waals surface area (Å²) in [5.74, 6) is -0.469. The Hall–Kier alpha value is -3.00. The Morgan fingerprint density at radius 3 is 2.58 bits per heavy atom. The Morgan fingerprint density at radius 2 is 1.96 bits per heavy atom. The van der Waals surface area contributed by atoms with Crippen molar-refractivity contribution < 1.29 is 14.5 Å². The molecule has 2 aromatic rings.